The molecular weight excluding hydrogens is 374 g/mol. The fraction of sp³-hybridized carbons (Fsp3) is 0.200. The van der Waals surface area contributed by atoms with Gasteiger partial charge in [-0.3, -0.25) is 14.9 Å². The summed E-state index contributed by atoms with van der Waals surface area (Å²) in [5, 5.41) is 4.49. The van der Waals surface area contributed by atoms with Crippen molar-refractivity contribution >= 4 is 44.8 Å². The number of hydrogen-bond acceptors (Lipinski definition) is 2. The molecule has 0 aliphatic carbocycles. The molecule has 1 N–H and O–H groups in total. The second-order valence-corrected chi connectivity index (χ2v) is 7.81. The van der Waals surface area contributed by atoms with Crippen LogP contribution in [0.15, 0.2) is 60.9 Å². The van der Waals surface area contributed by atoms with Gasteiger partial charge in [0, 0.05) is 58.9 Å². The van der Waals surface area contributed by atoms with Crippen LogP contribution in [0.5, 0.6) is 0 Å². The van der Waals surface area contributed by atoms with E-state index in [1.807, 2.05) is 66.5 Å². The Morgan fingerprint density at radius 2 is 1.37 bits per heavy atom. The first-order chi connectivity index (χ1) is 14.6. The zero-order valence-corrected chi connectivity index (χ0v) is 17.1. The van der Waals surface area contributed by atoms with Crippen molar-refractivity contribution in [2.75, 3.05) is 0 Å². The number of imide groups is 1. The molecule has 4 aromatic rings. The van der Waals surface area contributed by atoms with E-state index in [0.717, 1.165) is 52.3 Å². The molecule has 0 spiro atoms. The van der Waals surface area contributed by atoms with Gasteiger partial charge in [0.15, 0.2) is 0 Å². The Kier molecular flexibility index (Phi) is 4.31. The number of para-hydroxylation sites is 2. The summed E-state index contributed by atoms with van der Waals surface area (Å²) in [5.74, 6) is -0.668. The number of aromatic nitrogens is 2. The molecule has 0 bridgehead atoms. The first-order valence-electron chi connectivity index (χ1n) is 10.3. The Balaban J connectivity index is 1.81. The molecule has 0 radical (unpaired) electrons. The SMILES string of the molecule is CCCCn1cc(C2=C(c3cn(C)c4ccccc34)C(=O)NC2=O)c2ccccc21. The standard InChI is InChI=1S/C25H23N3O2/c1-3-4-13-28-15-19(17-10-6-8-12-21(17)28)23-22(24(29)26-25(23)30)18-14-27(2)20-11-7-5-9-16(18)20/h5-12,14-15H,3-4,13H2,1-2H3,(H,26,29,30). The maximum atomic E-state index is 13.0. The molecule has 5 nitrogen and oxygen atoms in total. The lowest BCUT2D eigenvalue weighted by Crippen LogP contribution is -2.22. The van der Waals surface area contributed by atoms with Crippen molar-refractivity contribution in [1.29, 1.82) is 0 Å². The molecule has 2 aromatic carbocycles. The number of nitrogens with zero attached hydrogens (tertiary/aromatic N) is 2. The molecule has 2 aromatic heterocycles. The van der Waals surface area contributed by atoms with Crippen LogP contribution in [0, 0.1) is 0 Å². The molecule has 30 heavy (non-hydrogen) atoms. The fourth-order valence-electron chi connectivity index (χ4n) is 4.47. The first kappa shape index (κ1) is 18.4. The molecule has 150 valence electrons. The number of carbonyl (C=O) groups is 2. The van der Waals surface area contributed by atoms with Crippen LogP contribution in [0.1, 0.15) is 30.9 Å². The van der Waals surface area contributed by atoms with E-state index in [4.69, 9.17) is 0 Å². The summed E-state index contributed by atoms with van der Waals surface area (Å²) in [6, 6.07) is 16.0. The van der Waals surface area contributed by atoms with Crippen molar-refractivity contribution in [1.82, 2.24) is 14.5 Å². The number of rotatable bonds is 5. The summed E-state index contributed by atoms with van der Waals surface area (Å²) < 4.78 is 4.19. The quantitative estimate of drug-likeness (QED) is 0.504. The van der Waals surface area contributed by atoms with Crippen LogP contribution in [0.2, 0.25) is 0 Å². The highest BCUT2D eigenvalue weighted by atomic mass is 16.2. The van der Waals surface area contributed by atoms with E-state index in [2.05, 4.69) is 22.9 Å². The first-order valence-corrected chi connectivity index (χ1v) is 10.3. The number of carbonyl (C=O) groups excluding carboxylic acids is 2. The van der Waals surface area contributed by atoms with E-state index in [1.165, 1.54) is 0 Å². The number of amides is 2. The van der Waals surface area contributed by atoms with Crippen LogP contribution in [0.4, 0.5) is 0 Å². The summed E-state index contributed by atoms with van der Waals surface area (Å²) in [6.07, 6.45) is 6.11. The normalized spacial score (nSPS) is 14.3. The maximum absolute atomic E-state index is 13.0. The lowest BCUT2D eigenvalue weighted by Gasteiger charge is -2.03. The third kappa shape index (κ3) is 2.70. The van der Waals surface area contributed by atoms with Gasteiger partial charge in [-0.05, 0) is 18.6 Å². The summed E-state index contributed by atoms with van der Waals surface area (Å²) in [5.41, 5.74) is 4.62. The van der Waals surface area contributed by atoms with Gasteiger partial charge >= 0.3 is 0 Å². The number of aryl methyl sites for hydroxylation is 2. The summed E-state index contributed by atoms with van der Waals surface area (Å²) >= 11 is 0. The third-order valence-electron chi connectivity index (χ3n) is 5.91. The predicted octanol–water partition coefficient (Wildman–Crippen LogP) is 4.50. The number of benzene rings is 2. The Hall–Kier alpha value is -3.60. The van der Waals surface area contributed by atoms with Crippen molar-refractivity contribution in [3.05, 3.63) is 72.1 Å². The van der Waals surface area contributed by atoms with Crippen LogP contribution in [-0.4, -0.2) is 20.9 Å². The summed E-state index contributed by atoms with van der Waals surface area (Å²) in [4.78, 5) is 25.9. The minimum Gasteiger partial charge on any atom is -0.350 e. The Labute approximate surface area is 174 Å². The van der Waals surface area contributed by atoms with E-state index in [-0.39, 0.29) is 11.8 Å². The number of unbranched alkanes of at least 4 members (excludes halogenated alkanes) is 1. The smallest absolute Gasteiger partial charge is 0.259 e. The zero-order chi connectivity index (χ0) is 20.8. The van der Waals surface area contributed by atoms with Crippen LogP contribution in [0.3, 0.4) is 0 Å². The minimum atomic E-state index is -0.336. The lowest BCUT2D eigenvalue weighted by molar-refractivity contribution is -0.122. The molecule has 2 amide bonds. The van der Waals surface area contributed by atoms with Gasteiger partial charge in [0.05, 0.1) is 11.1 Å². The largest absolute Gasteiger partial charge is 0.350 e. The predicted molar refractivity (Wildman–Crippen MR) is 120 cm³/mol. The summed E-state index contributed by atoms with van der Waals surface area (Å²) in [7, 11) is 1.96. The van der Waals surface area contributed by atoms with E-state index in [9.17, 15) is 9.59 Å². The Morgan fingerprint density at radius 1 is 0.800 bits per heavy atom. The van der Waals surface area contributed by atoms with Gasteiger partial charge in [-0.15, -0.1) is 0 Å². The van der Waals surface area contributed by atoms with Gasteiger partial charge in [0.2, 0.25) is 0 Å². The summed E-state index contributed by atoms with van der Waals surface area (Å²) in [6.45, 7) is 3.04. The van der Waals surface area contributed by atoms with Gasteiger partial charge in [0.25, 0.3) is 11.8 Å². The highest BCUT2D eigenvalue weighted by molar-refractivity contribution is 6.50. The molecule has 0 fully saturated rings. The number of fused-ring (bicyclic) bond motifs is 2. The van der Waals surface area contributed by atoms with Crippen molar-refractivity contribution < 1.29 is 9.59 Å². The molecule has 3 heterocycles. The molecule has 0 saturated carbocycles. The van der Waals surface area contributed by atoms with E-state index in [1.54, 1.807) is 0 Å². The van der Waals surface area contributed by atoms with Crippen LogP contribution >= 0.6 is 0 Å². The van der Waals surface area contributed by atoms with E-state index < -0.39 is 0 Å². The van der Waals surface area contributed by atoms with Gasteiger partial charge < -0.3 is 9.13 Å². The second-order valence-electron chi connectivity index (χ2n) is 7.81. The Bertz CT molecular complexity index is 1350. The average molecular weight is 397 g/mol. The van der Waals surface area contributed by atoms with Gasteiger partial charge in [0.1, 0.15) is 0 Å². The molecule has 5 rings (SSSR count). The minimum absolute atomic E-state index is 0.332. The maximum Gasteiger partial charge on any atom is 0.259 e. The third-order valence-corrected chi connectivity index (χ3v) is 5.91. The van der Waals surface area contributed by atoms with Crippen molar-refractivity contribution in [3.8, 4) is 0 Å². The monoisotopic (exact) mass is 397 g/mol. The lowest BCUT2D eigenvalue weighted by atomic mass is 9.95. The van der Waals surface area contributed by atoms with Crippen molar-refractivity contribution in [2.45, 2.75) is 26.3 Å². The second kappa shape index (κ2) is 7.02. The number of nitrogens with one attached hydrogen (secondary N) is 1. The number of hydrogen-bond donors (Lipinski definition) is 1. The molecule has 1 aliphatic heterocycles. The van der Waals surface area contributed by atoms with Gasteiger partial charge in [-0.2, -0.15) is 0 Å². The van der Waals surface area contributed by atoms with Crippen LogP contribution in [-0.2, 0) is 23.2 Å². The van der Waals surface area contributed by atoms with Gasteiger partial charge in [-0.1, -0.05) is 49.7 Å². The van der Waals surface area contributed by atoms with Crippen LogP contribution in [0.25, 0.3) is 33.0 Å². The zero-order valence-electron chi connectivity index (χ0n) is 17.1. The van der Waals surface area contributed by atoms with E-state index in [0.29, 0.717) is 11.1 Å². The van der Waals surface area contributed by atoms with Crippen LogP contribution < -0.4 is 5.32 Å². The highest BCUT2D eigenvalue weighted by Crippen LogP contribution is 2.38. The molecule has 0 saturated heterocycles. The molecule has 1 aliphatic rings. The average Bonchev–Trinajstić information content (AvgIpc) is 3.37. The topological polar surface area (TPSA) is 56.0 Å². The fourth-order valence-corrected chi connectivity index (χ4v) is 4.47. The van der Waals surface area contributed by atoms with Gasteiger partial charge in [-0.25, -0.2) is 0 Å². The molecule has 0 atom stereocenters. The molecule has 5 heteroatoms. The van der Waals surface area contributed by atoms with Crippen molar-refractivity contribution in [3.63, 3.8) is 0 Å². The Morgan fingerprint density at radius 3 is 2.03 bits per heavy atom. The highest BCUT2D eigenvalue weighted by Gasteiger charge is 2.35. The molecule has 0 unspecified atom stereocenters. The van der Waals surface area contributed by atoms with Crippen molar-refractivity contribution in [2.24, 2.45) is 7.05 Å². The van der Waals surface area contributed by atoms with E-state index >= 15 is 0 Å². The molecular formula is C25H23N3O2.